The third kappa shape index (κ3) is 3.14. The molecule has 0 aliphatic heterocycles. The standard InChI is InChI=1S/C15H27N3/c1-4-8-16-14(13-7-5-6-12(13)2)11-15-17-9-10-18(15)3/h9-10,12-14,16H,4-8,11H2,1-3H3. The fourth-order valence-electron chi connectivity index (χ4n) is 3.27. The van der Waals surface area contributed by atoms with Gasteiger partial charge >= 0.3 is 0 Å². The van der Waals surface area contributed by atoms with Gasteiger partial charge in [-0.2, -0.15) is 0 Å². The lowest BCUT2D eigenvalue weighted by atomic mass is 9.88. The van der Waals surface area contributed by atoms with Crippen molar-refractivity contribution >= 4 is 0 Å². The summed E-state index contributed by atoms with van der Waals surface area (Å²) in [5.41, 5.74) is 0. The highest BCUT2D eigenvalue weighted by atomic mass is 15.0. The predicted octanol–water partition coefficient (Wildman–Crippen LogP) is 2.77. The smallest absolute Gasteiger partial charge is 0.109 e. The lowest BCUT2D eigenvalue weighted by Crippen LogP contribution is -2.40. The number of nitrogens with one attached hydrogen (secondary N) is 1. The average Bonchev–Trinajstić information content (AvgIpc) is 2.94. The Balaban J connectivity index is 2.02. The van der Waals surface area contributed by atoms with Gasteiger partial charge in [-0.05, 0) is 31.2 Å². The molecular weight excluding hydrogens is 222 g/mol. The van der Waals surface area contributed by atoms with Gasteiger partial charge in [0, 0.05) is 31.9 Å². The minimum absolute atomic E-state index is 0.601. The first kappa shape index (κ1) is 13.6. The van der Waals surface area contributed by atoms with E-state index in [-0.39, 0.29) is 0 Å². The number of hydrogen-bond acceptors (Lipinski definition) is 2. The molecule has 18 heavy (non-hydrogen) atoms. The zero-order chi connectivity index (χ0) is 13.0. The van der Waals surface area contributed by atoms with Crippen molar-refractivity contribution in [1.82, 2.24) is 14.9 Å². The first-order valence-corrected chi connectivity index (χ1v) is 7.42. The van der Waals surface area contributed by atoms with E-state index < -0.39 is 0 Å². The zero-order valence-corrected chi connectivity index (χ0v) is 12.0. The fraction of sp³-hybridized carbons (Fsp3) is 0.800. The van der Waals surface area contributed by atoms with Crippen LogP contribution in [0.3, 0.4) is 0 Å². The van der Waals surface area contributed by atoms with Gasteiger partial charge < -0.3 is 9.88 Å². The second-order valence-corrected chi connectivity index (χ2v) is 5.79. The summed E-state index contributed by atoms with van der Waals surface area (Å²) in [5, 5.41) is 3.75. The van der Waals surface area contributed by atoms with Gasteiger partial charge in [-0.1, -0.05) is 26.7 Å². The lowest BCUT2D eigenvalue weighted by molar-refractivity contribution is 0.291. The summed E-state index contributed by atoms with van der Waals surface area (Å²) in [5.74, 6) is 2.90. The first-order valence-electron chi connectivity index (χ1n) is 7.42. The van der Waals surface area contributed by atoms with Gasteiger partial charge in [0.15, 0.2) is 0 Å². The van der Waals surface area contributed by atoms with E-state index in [1.165, 1.54) is 31.5 Å². The van der Waals surface area contributed by atoms with E-state index in [9.17, 15) is 0 Å². The summed E-state index contributed by atoms with van der Waals surface area (Å²) in [7, 11) is 2.09. The van der Waals surface area contributed by atoms with Crippen LogP contribution in [0.15, 0.2) is 12.4 Å². The molecule has 1 aromatic rings. The van der Waals surface area contributed by atoms with Crippen molar-refractivity contribution in [3.8, 4) is 0 Å². The molecular formula is C15H27N3. The molecule has 3 heteroatoms. The minimum Gasteiger partial charge on any atom is -0.338 e. The SMILES string of the molecule is CCCNC(Cc1nccn1C)C1CCCC1C. The van der Waals surface area contributed by atoms with Crippen molar-refractivity contribution in [2.75, 3.05) is 6.54 Å². The second kappa shape index (κ2) is 6.37. The largest absolute Gasteiger partial charge is 0.338 e. The Labute approximate surface area is 111 Å². The molecule has 3 unspecified atom stereocenters. The quantitative estimate of drug-likeness (QED) is 0.840. The Hall–Kier alpha value is -0.830. The van der Waals surface area contributed by atoms with Crippen LogP contribution in [0.1, 0.15) is 45.4 Å². The van der Waals surface area contributed by atoms with Crippen LogP contribution in [0.2, 0.25) is 0 Å². The average molecular weight is 249 g/mol. The Kier molecular flexibility index (Phi) is 4.81. The Morgan fingerprint density at radius 3 is 2.89 bits per heavy atom. The number of nitrogens with zero attached hydrogens (tertiary/aromatic N) is 2. The molecule has 1 heterocycles. The number of rotatable bonds is 6. The summed E-state index contributed by atoms with van der Waals surface area (Å²) in [6, 6.07) is 0.601. The van der Waals surface area contributed by atoms with Crippen LogP contribution < -0.4 is 5.32 Å². The summed E-state index contributed by atoms with van der Waals surface area (Å²) in [6.45, 7) is 5.78. The van der Waals surface area contributed by atoms with Gasteiger partial charge in [-0.25, -0.2) is 4.98 Å². The van der Waals surface area contributed by atoms with Crippen molar-refractivity contribution in [3.63, 3.8) is 0 Å². The van der Waals surface area contributed by atoms with E-state index >= 15 is 0 Å². The molecule has 1 saturated carbocycles. The van der Waals surface area contributed by atoms with Crippen LogP contribution in [-0.4, -0.2) is 22.1 Å². The molecule has 0 radical (unpaired) electrons. The van der Waals surface area contributed by atoms with Crippen LogP contribution in [0.5, 0.6) is 0 Å². The highest BCUT2D eigenvalue weighted by Gasteiger charge is 2.31. The van der Waals surface area contributed by atoms with E-state index in [1.807, 2.05) is 12.4 Å². The molecule has 0 spiro atoms. The highest BCUT2D eigenvalue weighted by molar-refractivity contribution is 4.97. The number of imidazole rings is 1. The van der Waals surface area contributed by atoms with Gasteiger partial charge in [-0.15, -0.1) is 0 Å². The topological polar surface area (TPSA) is 29.9 Å². The molecule has 1 aliphatic carbocycles. The van der Waals surface area contributed by atoms with Crippen molar-refractivity contribution in [3.05, 3.63) is 18.2 Å². The second-order valence-electron chi connectivity index (χ2n) is 5.79. The Morgan fingerprint density at radius 1 is 1.50 bits per heavy atom. The maximum Gasteiger partial charge on any atom is 0.109 e. The summed E-state index contributed by atoms with van der Waals surface area (Å²) in [4.78, 5) is 4.48. The lowest BCUT2D eigenvalue weighted by Gasteiger charge is -2.28. The molecule has 3 nitrogen and oxygen atoms in total. The Morgan fingerprint density at radius 2 is 2.33 bits per heavy atom. The number of aromatic nitrogens is 2. The molecule has 0 bridgehead atoms. The molecule has 0 amide bonds. The van der Waals surface area contributed by atoms with Gasteiger partial charge in [-0.3, -0.25) is 0 Å². The van der Waals surface area contributed by atoms with Crippen LogP contribution in [0.25, 0.3) is 0 Å². The van der Waals surface area contributed by atoms with E-state index in [1.54, 1.807) is 0 Å². The molecule has 102 valence electrons. The molecule has 1 aromatic heterocycles. The van der Waals surface area contributed by atoms with Crippen LogP contribution in [-0.2, 0) is 13.5 Å². The van der Waals surface area contributed by atoms with Crippen LogP contribution >= 0.6 is 0 Å². The first-order chi connectivity index (χ1) is 8.72. The maximum absolute atomic E-state index is 4.48. The summed E-state index contributed by atoms with van der Waals surface area (Å²) < 4.78 is 2.15. The summed E-state index contributed by atoms with van der Waals surface area (Å²) in [6.07, 6.45) is 10.4. The molecule has 1 N–H and O–H groups in total. The molecule has 1 aliphatic rings. The van der Waals surface area contributed by atoms with Gasteiger partial charge in [0.1, 0.15) is 5.82 Å². The third-order valence-electron chi connectivity index (χ3n) is 4.42. The van der Waals surface area contributed by atoms with Crippen molar-refractivity contribution < 1.29 is 0 Å². The minimum atomic E-state index is 0.601. The van der Waals surface area contributed by atoms with Crippen LogP contribution in [0.4, 0.5) is 0 Å². The van der Waals surface area contributed by atoms with E-state index in [0.29, 0.717) is 6.04 Å². The van der Waals surface area contributed by atoms with Crippen molar-refractivity contribution in [2.45, 2.75) is 52.0 Å². The fourth-order valence-corrected chi connectivity index (χ4v) is 3.27. The van der Waals surface area contributed by atoms with E-state index in [0.717, 1.165) is 24.8 Å². The maximum atomic E-state index is 4.48. The Bertz CT molecular complexity index is 358. The normalized spacial score (nSPS) is 25.5. The van der Waals surface area contributed by atoms with Gasteiger partial charge in [0.2, 0.25) is 0 Å². The number of aryl methyl sites for hydroxylation is 1. The zero-order valence-electron chi connectivity index (χ0n) is 12.0. The van der Waals surface area contributed by atoms with E-state index in [2.05, 4.69) is 35.8 Å². The monoisotopic (exact) mass is 249 g/mol. The molecule has 0 aromatic carbocycles. The van der Waals surface area contributed by atoms with Gasteiger partial charge in [0.05, 0.1) is 0 Å². The van der Waals surface area contributed by atoms with Crippen LogP contribution in [0, 0.1) is 11.8 Å². The van der Waals surface area contributed by atoms with Crippen molar-refractivity contribution in [2.24, 2.45) is 18.9 Å². The van der Waals surface area contributed by atoms with Crippen molar-refractivity contribution in [1.29, 1.82) is 0 Å². The summed E-state index contributed by atoms with van der Waals surface area (Å²) >= 11 is 0. The molecule has 0 saturated heterocycles. The van der Waals surface area contributed by atoms with Gasteiger partial charge in [0.25, 0.3) is 0 Å². The molecule has 1 fully saturated rings. The third-order valence-corrected chi connectivity index (χ3v) is 4.42. The molecule has 3 atom stereocenters. The number of hydrogen-bond donors (Lipinski definition) is 1. The predicted molar refractivity (Wildman–Crippen MR) is 75.5 cm³/mol. The van der Waals surface area contributed by atoms with E-state index in [4.69, 9.17) is 0 Å². The molecule has 2 rings (SSSR count). The highest BCUT2D eigenvalue weighted by Crippen LogP contribution is 2.34.